The van der Waals surface area contributed by atoms with E-state index in [4.69, 9.17) is 4.74 Å². The molecule has 1 heterocycles. The number of amides is 3. The number of nitrogens with one attached hydrogen (secondary N) is 2. The summed E-state index contributed by atoms with van der Waals surface area (Å²) >= 11 is 0. The summed E-state index contributed by atoms with van der Waals surface area (Å²) in [4.78, 5) is 38.7. The average Bonchev–Trinajstić information content (AvgIpc) is 2.65. The van der Waals surface area contributed by atoms with E-state index in [1.807, 2.05) is 4.83 Å². The number of nitro benzene ring substituents is 1. The smallest absolute Gasteiger partial charge is 0.410 e. The van der Waals surface area contributed by atoms with Crippen LogP contribution in [0.5, 0.6) is 0 Å². The van der Waals surface area contributed by atoms with Gasteiger partial charge in [0.15, 0.2) is 0 Å². The number of hydrogen-bond donors (Lipinski definition) is 2. The number of nitro groups is 1. The fourth-order valence-corrected chi connectivity index (χ4v) is 3.25. The number of hydrogen-bond acceptors (Lipinski definition) is 7. The second-order valence-corrected chi connectivity index (χ2v) is 8.92. The number of rotatable bonds is 4. The maximum Gasteiger partial charge on any atom is 0.410 e. The summed E-state index contributed by atoms with van der Waals surface area (Å²) in [5.74, 6) is 0. The molecule has 1 aliphatic heterocycles. The molecular formula is C16H23N5O7S. The van der Waals surface area contributed by atoms with Gasteiger partial charge in [-0.15, -0.1) is 4.83 Å². The molecule has 0 atom stereocenters. The molecule has 1 saturated heterocycles. The number of hydrazine groups is 1. The lowest BCUT2D eigenvalue weighted by Crippen LogP contribution is -2.56. The Hall–Kier alpha value is -2.93. The lowest BCUT2D eigenvalue weighted by molar-refractivity contribution is -0.384. The van der Waals surface area contributed by atoms with Crippen LogP contribution >= 0.6 is 0 Å². The van der Waals surface area contributed by atoms with E-state index in [1.54, 1.807) is 20.8 Å². The predicted octanol–water partition coefficient (Wildman–Crippen LogP) is 1.05. The van der Waals surface area contributed by atoms with Crippen molar-refractivity contribution in [2.24, 2.45) is 0 Å². The van der Waals surface area contributed by atoms with Crippen molar-refractivity contribution in [2.75, 3.05) is 26.2 Å². The molecule has 1 aromatic carbocycles. The van der Waals surface area contributed by atoms with E-state index < -0.39 is 32.7 Å². The standard InChI is InChI=1S/C16H23N5O7S/c1-16(2,3)28-15(23)20-10-8-19(9-11-20)14(22)17-18-29(26,27)13-6-4-12(5-7-13)21(24)25/h4-7,18H,8-11H2,1-3H3,(H,17,22). The first-order chi connectivity index (χ1) is 13.4. The zero-order valence-electron chi connectivity index (χ0n) is 16.2. The Labute approximate surface area is 168 Å². The minimum Gasteiger partial charge on any atom is -0.444 e. The minimum atomic E-state index is -4.10. The number of non-ortho nitro benzene ring substituents is 1. The van der Waals surface area contributed by atoms with Crippen molar-refractivity contribution >= 4 is 27.8 Å². The van der Waals surface area contributed by atoms with Gasteiger partial charge in [-0.1, -0.05) is 0 Å². The second-order valence-electron chi connectivity index (χ2n) is 7.24. The fourth-order valence-electron chi connectivity index (χ4n) is 2.41. The van der Waals surface area contributed by atoms with Crippen molar-refractivity contribution in [2.45, 2.75) is 31.3 Å². The molecule has 0 saturated carbocycles. The van der Waals surface area contributed by atoms with Crippen LogP contribution in [-0.4, -0.2) is 67.0 Å². The lowest BCUT2D eigenvalue weighted by atomic mass is 10.2. The van der Waals surface area contributed by atoms with Crippen molar-refractivity contribution in [3.8, 4) is 0 Å². The van der Waals surface area contributed by atoms with Gasteiger partial charge in [-0.05, 0) is 32.9 Å². The van der Waals surface area contributed by atoms with Gasteiger partial charge in [-0.25, -0.2) is 18.0 Å². The monoisotopic (exact) mass is 429 g/mol. The maximum absolute atomic E-state index is 12.2. The molecule has 2 N–H and O–H groups in total. The quantitative estimate of drug-likeness (QED) is 0.536. The highest BCUT2D eigenvalue weighted by Gasteiger charge is 2.28. The summed E-state index contributed by atoms with van der Waals surface area (Å²) in [5, 5.41) is 10.6. The first kappa shape index (κ1) is 22.4. The largest absolute Gasteiger partial charge is 0.444 e. The molecule has 3 amide bonds. The summed E-state index contributed by atoms with van der Waals surface area (Å²) in [7, 11) is -4.10. The SMILES string of the molecule is CC(C)(C)OC(=O)N1CCN(C(=O)NNS(=O)(=O)c2ccc([N+](=O)[O-])cc2)CC1. The number of nitrogens with zero attached hydrogens (tertiary/aromatic N) is 3. The highest BCUT2D eigenvalue weighted by Crippen LogP contribution is 2.15. The summed E-state index contributed by atoms with van der Waals surface area (Å²) < 4.78 is 29.7. The van der Waals surface area contributed by atoms with E-state index in [1.165, 1.54) is 9.80 Å². The molecule has 2 rings (SSSR count). The lowest BCUT2D eigenvalue weighted by Gasteiger charge is -2.35. The Balaban J connectivity index is 1.86. The number of sulfonamides is 1. The van der Waals surface area contributed by atoms with E-state index in [-0.39, 0.29) is 36.8 Å². The predicted molar refractivity (Wildman–Crippen MR) is 101 cm³/mol. The third kappa shape index (κ3) is 6.29. The number of urea groups is 1. The van der Waals surface area contributed by atoms with Gasteiger partial charge in [0, 0.05) is 38.3 Å². The Morgan fingerprint density at radius 2 is 1.59 bits per heavy atom. The molecular weight excluding hydrogens is 406 g/mol. The topological polar surface area (TPSA) is 151 Å². The van der Waals surface area contributed by atoms with Gasteiger partial charge in [-0.3, -0.25) is 15.5 Å². The highest BCUT2D eigenvalue weighted by molar-refractivity contribution is 7.89. The Kier molecular flexibility index (Phi) is 6.64. The molecule has 1 aliphatic rings. The van der Waals surface area contributed by atoms with Crippen molar-refractivity contribution in [3.05, 3.63) is 34.4 Å². The van der Waals surface area contributed by atoms with Crippen LogP contribution in [0.15, 0.2) is 29.2 Å². The van der Waals surface area contributed by atoms with Gasteiger partial charge in [0.25, 0.3) is 15.7 Å². The molecule has 0 spiro atoms. The van der Waals surface area contributed by atoms with Crippen molar-refractivity contribution < 1.29 is 27.7 Å². The third-order valence-corrected chi connectivity index (χ3v) is 5.13. The van der Waals surface area contributed by atoms with Crippen LogP contribution in [0, 0.1) is 10.1 Å². The zero-order chi connectivity index (χ0) is 21.8. The maximum atomic E-state index is 12.2. The Morgan fingerprint density at radius 3 is 2.07 bits per heavy atom. The van der Waals surface area contributed by atoms with E-state index in [0.717, 1.165) is 24.3 Å². The van der Waals surface area contributed by atoms with Crippen molar-refractivity contribution in [3.63, 3.8) is 0 Å². The van der Waals surface area contributed by atoms with Crippen LogP contribution in [0.4, 0.5) is 15.3 Å². The first-order valence-corrected chi connectivity index (χ1v) is 10.2. The molecule has 0 aromatic heterocycles. The highest BCUT2D eigenvalue weighted by atomic mass is 32.2. The first-order valence-electron chi connectivity index (χ1n) is 8.68. The summed E-state index contributed by atoms with van der Waals surface area (Å²) in [6.45, 7) is 6.16. The molecule has 29 heavy (non-hydrogen) atoms. The molecule has 160 valence electrons. The molecule has 1 fully saturated rings. The van der Waals surface area contributed by atoms with E-state index in [0.29, 0.717) is 0 Å². The van der Waals surface area contributed by atoms with Gasteiger partial charge < -0.3 is 14.5 Å². The zero-order valence-corrected chi connectivity index (χ0v) is 17.1. The van der Waals surface area contributed by atoms with Crippen LogP contribution < -0.4 is 10.3 Å². The molecule has 0 bridgehead atoms. The van der Waals surface area contributed by atoms with E-state index in [2.05, 4.69) is 5.43 Å². The number of piperazine rings is 1. The van der Waals surface area contributed by atoms with Crippen LogP contribution in [-0.2, 0) is 14.8 Å². The summed E-state index contributed by atoms with van der Waals surface area (Å²) in [5.41, 5.74) is 1.21. The Bertz CT molecular complexity index is 872. The van der Waals surface area contributed by atoms with Crippen LogP contribution in [0.25, 0.3) is 0 Å². The van der Waals surface area contributed by atoms with Gasteiger partial charge in [0.1, 0.15) is 5.60 Å². The number of carbonyl (C=O) groups is 2. The van der Waals surface area contributed by atoms with Gasteiger partial charge in [0.2, 0.25) is 0 Å². The van der Waals surface area contributed by atoms with Crippen LogP contribution in [0.2, 0.25) is 0 Å². The number of ether oxygens (including phenoxy) is 1. The normalized spacial score (nSPS) is 15.0. The second kappa shape index (κ2) is 8.61. The van der Waals surface area contributed by atoms with E-state index in [9.17, 15) is 28.1 Å². The molecule has 12 nitrogen and oxygen atoms in total. The third-order valence-electron chi connectivity index (χ3n) is 3.87. The number of benzene rings is 1. The molecule has 13 heteroatoms. The minimum absolute atomic E-state index is 0.199. The average molecular weight is 429 g/mol. The van der Waals surface area contributed by atoms with Gasteiger partial charge in [0.05, 0.1) is 9.82 Å². The molecule has 0 aliphatic carbocycles. The van der Waals surface area contributed by atoms with Crippen LogP contribution in [0.1, 0.15) is 20.8 Å². The van der Waals surface area contributed by atoms with Gasteiger partial charge >= 0.3 is 12.1 Å². The van der Waals surface area contributed by atoms with Crippen molar-refractivity contribution in [1.82, 2.24) is 20.1 Å². The molecule has 1 aromatic rings. The fraction of sp³-hybridized carbons (Fsp3) is 0.500. The summed E-state index contributed by atoms with van der Waals surface area (Å²) in [6, 6.07) is 3.54. The molecule has 0 radical (unpaired) electrons. The molecule has 0 unspecified atom stereocenters. The van der Waals surface area contributed by atoms with Crippen LogP contribution in [0.3, 0.4) is 0 Å². The number of carbonyl (C=O) groups excluding carboxylic acids is 2. The van der Waals surface area contributed by atoms with E-state index >= 15 is 0 Å². The van der Waals surface area contributed by atoms with Gasteiger partial charge in [-0.2, -0.15) is 0 Å². The summed E-state index contributed by atoms with van der Waals surface area (Å²) in [6.07, 6.45) is -0.476. The van der Waals surface area contributed by atoms with Crippen molar-refractivity contribution in [1.29, 1.82) is 0 Å². The Morgan fingerprint density at radius 1 is 1.07 bits per heavy atom.